The van der Waals surface area contributed by atoms with Crippen LogP contribution in [0.5, 0.6) is 0 Å². The minimum Gasteiger partial charge on any atom is -0.382 e. The quantitative estimate of drug-likeness (QED) is 0.715. The number of hydrogen-bond acceptors (Lipinski definition) is 5. The number of aromatic nitrogens is 2. The van der Waals surface area contributed by atoms with Gasteiger partial charge in [-0.05, 0) is 42.2 Å². The van der Waals surface area contributed by atoms with E-state index in [0.29, 0.717) is 41.0 Å². The predicted octanol–water partition coefficient (Wildman–Crippen LogP) is 3.10. The summed E-state index contributed by atoms with van der Waals surface area (Å²) in [6.45, 7) is 1.27. The van der Waals surface area contributed by atoms with E-state index in [0.717, 1.165) is 12.8 Å². The Bertz CT molecular complexity index is 1030. The molecule has 148 valence electrons. The van der Waals surface area contributed by atoms with E-state index in [1.165, 1.54) is 18.5 Å². The molecule has 0 atom stereocenters. The van der Waals surface area contributed by atoms with Gasteiger partial charge in [-0.3, -0.25) is 9.78 Å². The van der Waals surface area contributed by atoms with Crippen LogP contribution in [0, 0.1) is 5.82 Å². The fraction of sp³-hybridized carbons (Fsp3) is 0.227. The molecular formula is C22H22FN5O. The highest BCUT2D eigenvalue weighted by atomic mass is 19.1. The summed E-state index contributed by atoms with van der Waals surface area (Å²) in [4.78, 5) is 23.0. The van der Waals surface area contributed by atoms with Crippen LogP contribution in [0.2, 0.25) is 0 Å². The largest absolute Gasteiger partial charge is 0.382 e. The Morgan fingerprint density at radius 3 is 2.48 bits per heavy atom. The SMILES string of the molecule is Nc1cnc(-c2ccc(-c3ccccc3C(=O)N3CCC(N)CC3)cc2F)cn1. The van der Waals surface area contributed by atoms with E-state index < -0.39 is 5.82 Å². The second-order valence-corrected chi connectivity index (χ2v) is 7.20. The maximum atomic E-state index is 14.8. The van der Waals surface area contributed by atoms with Gasteiger partial charge in [-0.15, -0.1) is 0 Å². The average Bonchev–Trinajstić information content (AvgIpc) is 2.74. The van der Waals surface area contributed by atoms with Gasteiger partial charge in [-0.25, -0.2) is 9.37 Å². The van der Waals surface area contributed by atoms with Crippen LogP contribution in [0.1, 0.15) is 23.2 Å². The molecule has 1 aromatic heterocycles. The molecule has 0 spiro atoms. The standard InChI is InChI=1S/C22H22FN5O/c23-19-11-14(5-6-18(19)20-12-27-21(25)13-26-20)16-3-1-2-4-17(16)22(29)28-9-7-15(24)8-10-28/h1-6,11-13,15H,7-10,24H2,(H2,25,27). The molecule has 0 radical (unpaired) electrons. The molecule has 0 aliphatic carbocycles. The summed E-state index contributed by atoms with van der Waals surface area (Å²) < 4.78 is 14.8. The zero-order chi connectivity index (χ0) is 20.4. The van der Waals surface area contributed by atoms with E-state index in [1.54, 1.807) is 18.2 Å². The van der Waals surface area contributed by atoms with E-state index >= 15 is 0 Å². The predicted molar refractivity (Wildman–Crippen MR) is 110 cm³/mol. The van der Waals surface area contributed by atoms with Crippen molar-refractivity contribution in [2.24, 2.45) is 5.73 Å². The molecule has 0 bridgehead atoms. The van der Waals surface area contributed by atoms with E-state index in [4.69, 9.17) is 11.5 Å². The molecule has 2 aromatic carbocycles. The van der Waals surface area contributed by atoms with Crippen molar-refractivity contribution in [1.82, 2.24) is 14.9 Å². The molecule has 4 rings (SSSR count). The lowest BCUT2D eigenvalue weighted by molar-refractivity contribution is 0.0715. The van der Waals surface area contributed by atoms with Gasteiger partial charge in [0, 0.05) is 30.3 Å². The number of anilines is 1. The lowest BCUT2D eigenvalue weighted by Crippen LogP contribution is -2.43. The van der Waals surface area contributed by atoms with Crippen molar-refractivity contribution in [2.45, 2.75) is 18.9 Å². The second-order valence-electron chi connectivity index (χ2n) is 7.20. The number of carbonyl (C=O) groups excluding carboxylic acids is 1. The lowest BCUT2D eigenvalue weighted by Gasteiger charge is -2.30. The second kappa shape index (κ2) is 7.97. The fourth-order valence-corrected chi connectivity index (χ4v) is 3.56. The Morgan fingerprint density at radius 1 is 1.03 bits per heavy atom. The molecule has 1 fully saturated rings. The van der Waals surface area contributed by atoms with Crippen LogP contribution in [0.4, 0.5) is 10.2 Å². The first-order valence-electron chi connectivity index (χ1n) is 9.54. The highest BCUT2D eigenvalue weighted by Gasteiger charge is 2.24. The number of rotatable bonds is 3. The third kappa shape index (κ3) is 3.95. The molecule has 4 N–H and O–H groups in total. The Morgan fingerprint density at radius 2 is 1.79 bits per heavy atom. The Kier molecular flexibility index (Phi) is 5.22. The van der Waals surface area contributed by atoms with Crippen LogP contribution in [0.15, 0.2) is 54.9 Å². The molecule has 1 saturated heterocycles. The van der Waals surface area contributed by atoms with Gasteiger partial charge in [0.25, 0.3) is 5.91 Å². The van der Waals surface area contributed by atoms with Crippen molar-refractivity contribution in [3.8, 4) is 22.4 Å². The molecule has 1 aliphatic rings. The normalized spacial score (nSPS) is 14.8. The number of piperidine rings is 1. The van der Waals surface area contributed by atoms with Gasteiger partial charge in [0.1, 0.15) is 11.6 Å². The highest BCUT2D eigenvalue weighted by Crippen LogP contribution is 2.30. The van der Waals surface area contributed by atoms with Crippen molar-refractivity contribution in [3.63, 3.8) is 0 Å². The number of nitrogens with two attached hydrogens (primary N) is 2. The number of nitrogen functional groups attached to an aromatic ring is 1. The highest BCUT2D eigenvalue weighted by molar-refractivity contribution is 6.01. The molecule has 2 heterocycles. The number of likely N-dealkylation sites (tertiary alicyclic amines) is 1. The third-order valence-electron chi connectivity index (χ3n) is 5.21. The van der Waals surface area contributed by atoms with Gasteiger partial charge in [0.05, 0.1) is 18.1 Å². The van der Waals surface area contributed by atoms with Gasteiger partial charge in [0.2, 0.25) is 0 Å². The van der Waals surface area contributed by atoms with Crippen LogP contribution in [0.25, 0.3) is 22.4 Å². The van der Waals surface area contributed by atoms with Gasteiger partial charge in [-0.1, -0.05) is 24.3 Å². The zero-order valence-corrected chi connectivity index (χ0v) is 15.9. The van der Waals surface area contributed by atoms with E-state index in [2.05, 4.69) is 9.97 Å². The minimum atomic E-state index is -0.437. The maximum absolute atomic E-state index is 14.8. The van der Waals surface area contributed by atoms with E-state index in [1.807, 2.05) is 23.1 Å². The molecule has 0 saturated carbocycles. The molecular weight excluding hydrogens is 369 g/mol. The van der Waals surface area contributed by atoms with Crippen molar-refractivity contribution < 1.29 is 9.18 Å². The Hall–Kier alpha value is -3.32. The number of halogens is 1. The molecule has 1 amide bonds. The maximum Gasteiger partial charge on any atom is 0.254 e. The monoisotopic (exact) mass is 391 g/mol. The van der Waals surface area contributed by atoms with Crippen LogP contribution in [0.3, 0.4) is 0 Å². The van der Waals surface area contributed by atoms with Crippen molar-refractivity contribution >= 4 is 11.7 Å². The summed E-state index contributed by atoms with van der Waals surface area (Å²) in [5, 5.41) is 0. The summed E-state index contributed by atoms with van der Waals surface area (Å²) >= 11 is 0. The van der Waals surface area contributed by atoms with Gasteiger partial charge in [0.15, 0.2) is 0 Å². The van der Waals surface area contributed by atoms with Crippen molar-refractivity contribution in [3.05, 3.63) is 66.2 Å². The summed E-state index contributed by atoms with van der Waals surface area (Å²) in [5.41, 5.74) is 14.1. The first-order chi connectivity index (χ1) is 14.0. The van der Waals surface area contributed by atoms with Crippen molar-refractivity contribution in [2.75, 3.05) is 18.8 Å². The molecule has 3 aromatic rings. The van der Waals surface area contributed by atoms with Crippen LogP contribution < -0.4 is 11.5 Å². The van der Waals surface area contributed by atoms with Crippen LogP contribution in [-0.4, -0.2) is 39.9 Å². The smallest absolute Gasteiger partial charge is 0.254 e. The Labute approximate surface area is 168 Å². The van der Waals surface area contributed by atoms with Gasteiger partial charge in [-0.2, -0.15) is 0 Å². The first kappa shape index (κ1) is 19.0. The van der Waals surface area contributed by atoms with Crippen LogP contribution in [-0.2, 0) is 0 Å². The van der Waals surface area contributed by atoms with Crippen LogP contribution >= 0.6 is 0 Å². The van der Waals surface area contributed by atoms with E-state index in [9.17, 15) is 9.18 Å². The lowest BCUT2D eigenvalue weighted by atomic mass is 9.96. The number of amides is 1. The summed E-state index contributed by atoms with van der Waals surface area (Å²) in [6, 6.07) is 12.3. The fourth-order valence-electron chi connectivity index (χ4n) is 3.56. The summed E-state index contributed by atoms with van der Waals surface area (Å²) in [7, 11) is 0. The number of hydrogen-bond donors (Lipinski definition) is 2. The topological polar surface area (TPSA) is 98.1 Å². The number of nitrogens with zero attached hydrogens (tertiary/aromatic N) is 3. The number of carbonyl (C=O) groups is 1. The average molecular weight is 391 g/mol. The first-order valence-corrected chi connectivity index (χ1v) is 9.54. The minimum absolute atomic E-state index is 0.0543. The van der Waals surface area contributed by atoms with Gasteiger partial charge >= 0.3 is 0 Å². The zero-order valence-electron chi connectivity index (χ0n) is 15.9. The molecule has 29 heavy (non-hydrogen) atoms. The Balaban J connectivity index is 1.66. The third-order valence-corrected chi connectivity index (χ3v) is 5.21. The molecule has 0 unspecified atom stereocenters. The summed E-state index contributed by atoms with van der Waals surface area (Å²) in [5.74, 6) is -0.217. The van der Waals surface area contributed by atoms with E-state index in [-0.39, 0.29) is 17.8 Å². The van der Waals surface area contributed by atoms with Gasteiger partial charge < -0.3 is 16.4 Å². The molecule has 7 heteroatoms. The molecule has 6 nitrogen and oxygen atoms in total. The summed E-state index contributed by atoms with van der Waals surface area (Å²) in [6.07, 6.45) is 4.41. The molecule has 1 aliphatic heterocycles. The van der Waals surface area contributed by atoms with Crippen molar-refractivity contribution in [1.29, 1.82) is 0 Å². The number of benzene rings is 2.